The first kappa shape index (κ1) is 21.2. The molecule has 0 saturated heterocycles. The van der Waals surface area contributed by atoms with Gasteiger partial charge in [0.2, 0.25) is 0 Å². The van der Waals surface area contributed by atoms with E-state index in [1.54, 1.807) is 19.1 Å². The molecule has 0 radical (unpaired) electrons. The van der Waals surface area contributed by atoms with Crippen LogP contribution in [0.15, 0.2) is 30.3 Å². The first-order valence-electron chi connectivity index (χ1n) is 7.79. The van der Waals surface area contributed by atoms with Crippen molar-refractivity contribution in [3.05, 3.63) is 47.3 Å². The summed E-state index contributed by atoms with van der Waals surface area (Å²) in [6.45, 7) is 10.3. The summed E-state index contributed by atoms with van der Waals surface area (Å²) in [5.41, 5.74) is 1.26. The fraction of sp³-hybridized carbons (Fsp3) is 0.471. The van der Waals surface area contributed by atoms with E-state index in [4.69, 9.17) is 0 Å². The van der Waals surface area contributed by atoms with Crippen molar-refractivity contribution in [2.75, 3.05) is 7.05 Å². The lowest BCUT2D eigenvalue weighted by Gasteiger charge is -2.06. The second-order valence-corrected chi connectivity index (χ2v) is 4.28. The van der Waals surface area contributed by atoms with Gasteiger partial charge < -0.3 is 5.32 Å². The van der Waals surface area contributed by atoms with E-state index < -0.39 is 11.9 Å². The topological polar surface area (TPSA) is 29.9 Å². The van der Waals surface area contributed by atoms with Crippen molar-refractivity contribution < 1.29 is 13.2 Å². The molecule has 0 aliphatic carbocycles. The number of aromatic nitrogens is 2. The molecule has 0 aliphatic heterocycles. The lowest BCUT2D eigenvalue weighted by Crippen LogP contribution is -2.08. The van der Waals surface area contributed by atoms with Gasteiger partial charge in [0.25, 0.3) is 0 Å². The Bertz CT molecular complexity index is 557. The van der Waals surface area contributed by atoms with Crippen LogP contribution in [-0.4, -0.2) is 16.8 Å². The van der Waals surface area contributed by atoms with E-state index in [1.165, 1.54) is 4.68 Å². The highest BCUT2D eigenvalue weighted by Gasteiger charge is 2.34. The van der Waals surface area contributed by atoms with E-state index >= 15 is 0 Å². The van der Waals surface area contributed by atoms with Crippen LogP contribution >= 0.6 is 0 Å². The fourth-order valence-corrected chi connectivity index (χ4v) is 1.83. The molecule has 130 valence electrons. The molecule has 23 heavy (non-hydrogen) atoms. The van der Waals surface area contributed by atoms with E-state index in [9.17, 15) is 13.2 Å². The third kappa shape index (κ3) is 6.06. The van der Waals surface area contributed by atoms with Gasteiger partial charge in [0, 0.05) is 12.2 Å². The summed E-state index contributed by atoms with van der Waals surface area (Å²) in [6.07, 6.45) is -4.41. The Morgan fingerprint density at radius 1 is 1.04 bits per heavy atom. The third-order valence-electron chi connectivity index (χ3n) is 2.74. The van der Waals surface area contributed by atoms with Gasteiger partial charge in [-0.3, -0.25) is 0 Å². The maximum Gasteiger partial charge on any atom is 0.435 e. The molecule has 1 aromatic carbocycles. The van der Waals surface area contributed by atoms with Gasteiger partial charge in [-0.2, -0.15) is 18.3 Å². The van der Waals surface area contributed by atoms with Crippen LogP contribution in [0, 0.1) is 6.92 Å². The zero-order valence-electron chi connectivity index (χ0n) is 14.6. The highest BCUT2D eigenvalue weighted by molar-refractivity contribution is 5.36. The van der Waals surface area contributed by atoms with Gasteiger partial charge >= 0.3 is 6.18 Å². The number of halogens is 3. The molecule has 1 heterocycles. The molecule has 0 amide bonds. The van der Waals surface area contributed by atoms with Gasteiger partial charge in [-0.25, -0.2) is 4.68 Å². The summed E-state index contributed by atoms with van der Waals surface area (Å²) in [4.78, 5) is 0. The third-order valence-corrected chi connectivity index (χ3v) is 2.74. The van der Waals surface area contributed by atoms with E-state index in [2.05, 4.69) is 10.4 Å². The average Bonchev–Trinajstić information content (AvgIpc) is 2.95. The van der Waals surface area contributed by atoms with E-state index in [-0.39, 0.29) is 0 Å². The maximum atomic E-state index is 12.6. The van der Waals surface area contributed by atoms with Crippen LogP contribution in [0.5, 0.6) is 0 Å². The lowest BCUT2D eigenvalue weighted by atomic mass is 10.2. The molecule has 0 spiro atoms. The first-order chi connectivity index (χ1) is 10.9. The molecule has 0 fully saturated rings. The van der Waals surface area contributed by atoms with Crippen LogP contribution in [0.4, 0.5) is 13.2 Å². The number of rotatable bonds is 3. The quantitative estimate of drug-likeness (QED) is 0.861. The van der Waals surface area contributed by atoms with Crippen LogP contribution < -0.4 is 5.32 Å². The van der Waals surface area contributed by atoms with Gasteiger partial charge in [-0.15, -0.1) is 0 Å². The normalized spacial score (nSPS) is 10.3. The van der Waals surface area contributed by atoms with Gasteiger partial charge in [0.1, 0.15) is 0 Å². The smallest absolute Gasteiger partial charge is 0.316 e. The van der Waals surface area contributed by atoms with Crippen molar-refractivity contribution in [2.45, 2.75) is 47.3 Å². The van der Waals surface area contributed by atoms with Crippen LogP contribution in [0.1, 0.15) is 44.6 Å². The van der Waals surface area contributed by atoms with Gasteiger partial charge in [0.15, 0.2) is 5.69 Å². The summed E-state index contributed by atoms with van der Waals surface area (Å²) in [7, 11) is 1.83. The molecule has 0 saturated carbocycles. The SMILES string of the molecule is CC.CC.CNCc1ccc(-n2nc(C(F)(F)F)cc2C)cc1. The number of aryl methyl sites for hydroxylation is 1. The molecule has 0 unspecified atom stereocenters. The number of hydrogen-bond donors (Lipinski definition) is 1. The maximum absolute atomic E-state index is 12.6. The van der Waals surface area contributed by atoms with Crippen LogP contribution in [-0.2, 0) is 12.7 Å². The monoisotopic (exact) mass is 329 g/mol. The van der Waals surface area contributed by atoms with Crippen molar-refractivity contribution >= 4 is 0 Å². The summed E-state index contributed by atoms with van der Waals surface area (Å²) in [6, 6.07) is 8.28. The number of nitrogens with zero attached hydrogens (tertiary/aromatic N) is 2. The molecule has 3 nitrogen and oxygen atoms in total. The van der Waals surface area contributed by atoms with E-state index in [1.807, 2.05) is 46.9 Å². The second kappa shape index (κ2) is 10.0. The number of benzene rings is 1. The fourth-order valence-electron chi connectivity index (χ4n) is 1.83. The summed E-state index contributed by atoms with van der Waals surface area (Å²) in [5.74, 6) is 0. The Balaban J connectivity index is 0.00000112. The highest BCUT2D eigenvalue weighted by Crippen LogP contribution is 2.29. The van der Waals surface area contributed by atoms with Crippen LogP contribution in [0.25, 0.3) is 5.69 Å². The van der Waals surface area contributed by atoms with Crippen LogP contribution in [0.3, 0.4) is 0 Å². The van der Waals surface area contributed by atoms with Crippen molar-refractivity contribution in [2.24, 2.45) is 0 Å². The molecule has 0 atom stereocenters. The molecule has 2 rings (SSSR count). The molecule has 6 heteroatoms. The second-order valence-electron chi connectivity index (χ2n) is 4.28. The van der Waals surface area contributed by atoms with Crippen molar-refractivity contribution in [1.82, 2.24) is 15.1 Å². The minimum Gasteiger partial charge on any atom is -0.316 e. The molecule has 0 aliphatic rings. The van der Waals surface area contributed by atoms with E-state index in [0.717, 1.165) is 11.6 Å². The molecule has 0 bridgehead atoms. The van der Waals surface area contributed by atoms with Crippen molar-refractivity contribution in [3.8, 4) is 5.69 Å². The molecule has 1 N–H and O–H groups in total. The Labute approximate surface area is 136 Å². The van der Waals surface area contributed by atoms with Crippen molar-refractivity contribution in [3.63, 3.8) is 0 Å². The van der Waals surface area contributed by atoms with E-state index in [0.29, 0.717) is 17.9 Å². The van der Waals surface area contributed by atoms with Crippen LogP contribution in [0.2, 0.25) is 0 Å². The minimum atomic E-state index is -4.41. The minimum absolute atomic E-state index is 0.452. The Kier molecular flexibility index (Phi) is 9.25. The Morgan fingerprint density at radius 2 is 1.57 bits per heavy atom. The van der Waals surface area contributed by atoms with Gasteiger partial charge in [-0.05, 0) is 37.7 Å². The molecular formula is C17H26F3N3. The molecular weight excluding hydrogens is 303 g/mol. The Hall–Kier alpha value is -1.82. The molecule has 2 aromatic rings. The lowest BCUT2D eigenvalue weighted by molar-refractivity contribution is -0.141. The zero-order chi connectivity index (χ0) is 18.0. The largest absolute Gasteiger partial charge is 0.435 e. The van der Waals surface area contributed by atoms with Gasteiger partial charge in [0.05, 0.1) is 5.69 Å². The van der Waals surface area contributed by atoms with Gasteiger partial charge in [-0.1, -0.05) is 39.8 Å². The average molecular weight is 329 g/mol. The predicted molar refractivity (Wildman–Crippen MR) is 88.8 cm³/mol. The highest BCUT2D eigenvalue weighted by atomic mass is 19.4. The zero-order valence-corrected chi connectivity index (χ0v) is 14.6. The summed E-state index contributed by atoms with van der Waals surface area (Å²) >= 11 is 0. The summed E-state index contributed by atoms with van der Waals surface area (Å²) < 4.78 is 39.0. The molecule has 1 aromatic heterocycles. The summed E-state index contributed by atoms with van der Waals surface area (Å²) in [5, 5.41) is 6.61. The Morgan fingerprint density at radius 3 is 1.96 bits per heavy atom. The number of hydrogen-bond acceptors (Lipinski definition) is 2. The number of alkyl halides is 3. The van der Waals surface area contributed by atoms with Crippen molar-refractivity contribution in [1.29, 1.82) is 0 Å². The predicted octanol–water partition coefficient (Wildman–Crippen LogP) is 4.97. The first-order valence-corrected chi connectivity index (χ1v) is 7.79. The standard InChI is InChI=1S/C13H14F3N3.2C2H6/c1-9-7-12(13(14,15)16)18-19(9)11-5-3-10(4-6-11)8-17-2;2*1-2/h3-7,17H,8H2,1-2H3;2*1-2H3. The number of nitrogens with one attached hydrogen (secondary N) is 1.